The predicted octanol–water partition coefficient (Wildman–Crippen LogP) is -1.65. The zero-order valence-electron chi connectivity index (χ0n) is 11.1. The largest absolute Gasteiger partial charge is 0.455 e. The number of para-hydroxylation sites is 1. The van der Waals surface area contributed by atoms with Gasteiger partial charge in [0.1, 0.15) is 16.7 Å². The summed E-state index contributed by atoms with van der Waals surface area (Å²) in [4.78, 5) is 9.95. The number of hydrogen-bond donors (Lipinski definition) is 0. The standard InChI is InChI=1S/C15H10O2.ClHO4/c16-13-10-15(11-6-2-1-3-7-11)17-14-9-5-4-8-12(13)14;2-1(3,4)5/h1-10H;(H,2,3,4,5). The maximum Gasteiger partial charge on any atom is 0.354 e. The molecule has 0 aliphatic heterocycles. The van der Waals surface area contributed by atoms with Gasteiger partial charge in [-0.25, -0.2) is 18.6 Å². The molecule has 7 heteroatoms. The Bertz CT molecular complexity index is 801. The van der Waals surface area contributed by atoms with Crippen molar-refractivity contribution in [3.8, 4) is 11.3 Å². The summed E-state index contributed by atoms with van der Waals surface area (Å²) in [6.07, 6.45) is 0. The van der Waals surface area contributed by atoms with Gasteiger partial charge in [0.05, 0.1) is 6.07 Å². The van der Waals surface area contributed by atoms with Crippen LogP contribution in [0, 0.1) is 10.2 Å². The first kappa shape index (κ1) is 16.2. The molecule has 0 aliphatic carbocycles. The zero-order valence-corrected chi connectivity index (χ0v) is 11.9. The number of benzene rings is 2. The van der Waals surface area contributed by atoms with Crippen LogP contribution in [0.15, 0.2) is 65.1 Å². The van der Waals surface area contributed by atoms with Crippen molar-refractivity contribution in [1.82, 2.24) is 0 Å². The van der Waals surface area contributed by atoms with Crippen molar-refractivity contribution in [2.75, 3.05) is 0 Å². The normalized spacial score (nSPS) is 10.9. The van der Waals surface area contributed by atoms with Crippen LogP contribution >= 0.6 is 0 Å². The molecule has 0 radical (unpaired) electrons. The molecule has 3 rings (SSSR count). The Hall–Kier alpha value is -2.22. The molecule has 114 valence electrons. The molecule has 0 amide bonds. The summed E-state index contributed by atoms with van der Waals surface area (Å²) < 4.78 is 39.7. The Morgan fingerprint density at radius 2 is 1.36 bits per heavy atom. The lowest BCUT2D eigenvalue weighted by Crippen LogP contribution is -2.68. The van der Waals surface area contributed by atoms with Gasteiger partial charge in [0.15, 0.2) is 0 Å². The topological polar surface area (TPSA) is 127 Å². The third kappa shape index (κ3) is 4.66. The van der Waals surface area contributed by atoms with Gasteiger partial charge in [0, 0.05) is 5.56 Å². The molecule has 2 aromatic carbocycles. The highest BCUT2D eigenvalue weighted by atomic mass is 35.7. The molecule has 0 spiro atoms. The molecule has 3 aromatic rings. The van der Waals surface area contributed by atoms with Gasteiger partial charge in [-0.3, -0.25) is 4.79 Å². The Balaban J connectivity index is 0.000000309. The van der Waals surface area contributed by atoms with E-state index in [0.29, 0.717) is 11.3 Å². The predicted molar refractivity (Wildman–Crippen MR) is 66.7 cm³/mol. The molecular weight excluding hydrogens is 312 g/mol. The van der Waals surface area contributed by atoms with Gasteiger partial charge in [-0.2, -0.15) is 0 Å². The fourth-order valence-electron chi connectivity index (χ4n) is 1.86. The first-order valence-corrected chi connectivity index (χ1v) is 7.30. The lowest BCUT2D eigenvalue weighted by atomic mass is 10.1. The SMILES string of the molecule is [O-][Cl+3]([O-])([O-])[O-].[OH+]=c1cc(-c2ccccc2)oc2ccccc12. The molecule has 0 atom stereocenters. The van der Waals surface area contributed by atoms with Gasteiger partial charge in [-0.05, 0) is 12.1 Å². The average Bonchev–Trinajstić information content (AvgIpc) is 2.46. The summed E-state index contributed by atoms with van der Waals surface area (Å²) in [6.45, 7) is 0. The van der Waals surface area contributed by atoms with Crippen LogP contribution < -0.4 is 24.1 Å². The first-order valence-electron chi connectivity index (χ1n) is 6.06. The van der Waals surface area contributed by atoms with Crippen LogP contribution in [0.5, 0.6) is 0 Å². The second-order valence-corrected chi connectivity index (χ2v) is 4.99. The summed E-state index contributed by atoms with van der Waals surface area (Å²) in [6, 6.07) is 18.8. The Morgan fingerprint density at radius 3 is 2.00 bits per heavy atom. The van der Waals surface area contributed by atoms with Crippen molar-refractivity contribution in [2.45, 2.75) is 0 Å². The second kappa shape index (κ2) is 6.69. The van der Waals surface area contributed by atoms with Crippen LogP contribution in [-0.2, 0) is 0 Å². The van der Waals surface area contributed by atoms with Gasteiger partial charge in [-0.15, -0.1) is 10.2 Å². The van der Waals surface area contributed by atoms with E-state index in [1.807, 2.05) is 54.6 Å². The average molecular weight is 323 g/mol. The first-order chi connectivity index (χ1) is 10.3. The van der Waals surface area contributed by atoms with Crippen molar-refractivity contribution >= 4 is 11.0 Å². The van der Waals surface area contributed by atoms with E-state index in [0.717, 1.165) is 10.9 Å². The van der Waals surface area contributed by atoms with E-state index < -0.39 is 10.2 Å². The van der Waals surface area contributed by atoms with Crippen molar-refractivity contribution in [3.63, 3.8) is 0 Å². The summed E-state index contributed by atoms with van der Waals surface area (Å²) in [7, 11) is -4.94. The van der Waals surface area contributed by atoms with E-state index in [1.165, 1.54) is 0 Å². The molecule has 0 unspecified atom stereocenters. The molecular formula is C15H11ClO6. The Morgan fingerprint density at radius 1 is 0.818 bits per heavy atom. The maximum absolute atomic E-state index is 9.95. The van der Waals surface area contributed by atoms with Crippen molar-refractivity contribution < 1.29 is 38.1 Å². The van der Waals surface area contributed by atoms with E-state index in [9.17, 15) is 4.79 Å². The fraction of sp³-hybridized carbons (Fsp3) is 0. The van der Waals surface area contributed by atoms with Gasteiger partial charge >= 0.3 is 5.43 Å². The summed E-state index contributed by atoms with van der Waals surface area (Å²) in [5.41, 5.74) is 1.88. The lowest BCUT2D eigenvalue weighted by Gasteiger charge is -2.17. The van der Waals surface area contributed by atoms with E-state index in [2.05, 4.69) is 0 Å². The highest BCUT2D eigenvalue weighted by Crippen LogP contribution is 2.21. The minimum atomic E-state index is -4.94. The monoisotopic (exact) mass is 322 g/mol. The van der Waals surface area contributed by atoms with Crippen LogP contribution in [0.2, 0.25) is 0 Å². The third-order valence-electron chi connectivity index (χ3n) is 2.71. The van der Waals surface area contributed by atoms with E-state index >= 15 is 0 Å². The van der Waals surface area contributed by atoms with E-state index in [-0.39, 0.29) is 5.43 Å². The molecule has 0 saturated carbocycles. The summed E-state index contributed by atoms with van der Waals surface area (Å²) in [5.74, 6) is 0.668. The van der Waals surface area contributed by atoms with Crippen molar-refractivity contribution in [3.05, 3.63) is 66.1 Å². The number of rotatable bonds is 1. The smallest absolute Gasteiger partial charge is 0.354 e. The van der Waals surface area contributed by atoms with Crippen LogP contribution in [0.3, 0.4) is 0 Å². The van der Waals surface area contributed by atoms with Crippen LogP contribution in [-0.4, -0.2) is 4.79 Å². The molecule has 1 aromatic heterocycles. The molecule has 0 fully saturated rings. The molecule has 1 N–H and O–H groups in total. The lowest BCUT2D eigenvalue weighted by molar-refractivity contribution is -2.00. The third-order valence-corrected chi connectivity index (χ3v) is 2.71. The molecule has 0 bridgehead atoms. The van der Waals surface area contributed by atoms with Crippen LogP contribution in [0.25, 0.3) is 22.3 Å². The van der Waals surface area contributed by atoms with Crippen LogP contribution in [0.4, 0.5) is 0 Å². The van der Waals surface area contributed by atoms with E-state index in [1.54, 1.807) is 6.07 Å². The number of fused-ring (bicyclic) bond motifs is 1. The highest BCUT2D eigenvalue weighted by molar-refractivity contribution is 5.77. The molecule has 0 aliphatic rings. The number of halogens is 1. The molecule has 1 heterocycles. The summed E-state index contributed by atoms with van der Waals surface area (Å²) >= 11 is 0. The van der Waals surface area contributed by atoms with Crippen molar-refractivity contribution in [1.29, 1.82) is 0 Å². The Kier molecular flexibility index (Phi) is 4.92. The molecule has 22 heavy (non-hydrogen) atoms. The van der Waals surface area contributed by atoms with Gasteiger partial charge < -0.3 is 4.42 Å². The van der Waals surface area contributed by atoms with Crippen molar-refractivity contribution in [2.24, 2.45) is 0 Å². The van der Waals surface area contributed by atoms with Gasteiger partial charge in [-0.1, -0.05) is 42.5 Å². The minimum absolute atomic E-state index is 0.241. The highest BCUT2D eigenvalue weighted by Gasteiger charge is 2.08. The minimum Gasteiger partial charge on any atom is -0.455 e. The summed E-state index contributed by atoms with van der Waals surface area (Å²) in [5, 5.41) is 0.729. The second-order valence-electron chi connectivity index (χ2n) is 4.24. The quantitative estimate of drug-likeness (QED) is 0.496. The van der Waals surface area contributed by atoms with Gasteiger partial charge in [0.25, 0.3) is 0 Å². The van der Waals surface area contributed by atoms with Crippen LogP contribution in [0.1, 0.15) is 0 Å². The Labute approximate surface area is 127 Å². The number of hydrogen-bond acceptors (Lipinski definition) is 5. The van der Waals surface area contributed by atoms with Gasteiger partial charge in [0.2, 0.25) is 0 Å². The zero-order chi connectivity index (χ0) is 16.2. The fourth-order valence-corrected chi connectivity index (χ4v) is 1.86. The molecule has 6 nitrogen and oxygen atoms in total. The van der Waals surface area contributed by atoms with E-state index in [4.69, 9.17) is 23.1 Å². The molecule has 0 saturated heterocycles. The maximum atomic E-state index is 9.95.